The molecule has 2 heterocycles. The van der Waals surface area contributed by atoms with Crippen LogP contribution in [0.4, 0.5) is 0 Å². The number of rotatable bonds is 3. The van der Waals surface area contributed by atoms with Gasteiger partial charge in [-0.05, 0) is 25.5 Å². The predicted molar refractivity (Wildman–Crippen MR) is 79.6 cm³/mol. The maximum Gasteiger partial charge on any atom is 0.211 e. The van der Waals surface area contributed by atoms with Crippen LogP contribution in [0.1, 0.15) is 18.9 Å². The average Bonchev–Trinajstić information content (AvgIpc) is 2.69. The van der Waals surface area contributed by atoms with Crippen molar-refractivity contribution in [1.82, 2.24) is 19.7 Å². The Morgan fingerprint density at radius 2 is 2.11 bits per heavy atom. The van der Waals surface area contributed by atoms with Crippen molar-refractivity contribution in [3.8, 4) is 0 Å². The van der Waals surface area contributed by atoms with E-state index in [4.69, 9.17) is 0 Å². The lowest BCUT2D eigenvalue weighted by Crippen LogP contribution is -1.95. The highest BCUT2D eigenvalue weighted by Crippen LogP contribution is 2.27. The smallest absolute Gasteiger partial charge is 0.211 e. The van der Waals surface area contributed by atoms with Gasteiger partial charge in [0.05, 0.1) is 5.52 Å². The Hall–Kier alpha value is -1.62. The number of thioether (sulfide) groups is 1. The van der Waals surface area contributed by atoms with Crippen molar-refractivity contribution in [2.45, 2.75) is 25.4 Å². The monoisotopic (exact) mass is 272 g/mol. The first-order valence-electron chi connectivity index (χ1n) is 6.43. The van der Waals surface area contributed by atoms with Gasteiger partial charge in [0, 0.05) is 18.2 Å². The van der Waals surface area contributed by atoms with Gasteiger partial charge in [-0.1, -0.05) is 30.3 Å². The molecule has 4 nitrogen and oxygen atoms in total. The molecular weight excluding hydrogens is 256 g/mol. The Balaban J connectivity index is 2.23. The third-order valence-corrected chi connectivity index (χ3v) is 4.21. The van der Waals surface area contributed by atoms with Gasteiger partial charge >= 0.3 is 0 Å². The molecule has 0 unspecified atom stereocenters. The number of benzene rings is 1. The zero-order valence-corrected chi connectivity index (χ0v) is 12.2. The minimum atomic E-state index is 0.761. The zero-order valence-electron chi connectivity index (χ0n) is 11.3. The molecule has 98 valence electrons. The van der Waals surface area contributed by atoms with Gasteiger partial charge in [-0.3, -0.25) is 0 Å². The van der Waals surface area contributed by atoms with E-state index in [1.807, 2.05) is 7.05 Å². The highest BCUT2D eigenvalue weighted by Gasteiger charge is 2.12. The van der Waals surface area contributed by atoms with Crippen molar-refractivity contribution in [2.24, 2.45) is 7.05 Å². The van der Waals surface area contributed by atoms with Crippen LogP contribution in [0.3, 0.4) is 0 Å². The van der Waals surface area contributed by atoms with E-state index in [1.165, 1.54) is 5.56 Å². The Labute approximate surface area is 116 Å². The van der Waals surface area contributed by atoms with Crippen LogP contribution in [0.25, 0.3) is 22.1 Å². The van der Waals surface area contributed by atoms with Gasteiger partial charge in [0.1, 0.15) is 5.52 Å². The molecule has 0 saturated carbocycles. The Kier molecular flexibility index (Phi) is 3.14. The molecule has 0 radical (unpaired) electrons. The van der Waals surface area contributed by atoms with Crippen LogP contribution in [-0.2, 0) is 7.05 Å². The van der Waals surface area contributed by atoms with Gasteiger partial charge in [0.2, 0.25) is 5.16 Å². The molecule has 0 saturated heterocycles. The van der Waals surface area contributed by atoms with Crippen molar-refractivity contribution in [3.63, 3.8) is 0 Å². The minimum absolute atomic E-state index is 0.761. The van der Waals surface area contributed by atoms with Gasteiger partial charge in [-0.15, -0.1) is 10.2 Å². The topological polar surface area (TPSA) is 43.6 Å². The molecule has 0 spiro atoms. The van der Waals surface area contributed by atoms with E-state index in [2.05, 4.69) is 51.8 Å². The summed E-state index contributed by atoms with van der Waals surface area (Å²) in [5.41, 5.74) is 4.18. The van der Waals surface area contributed by atoms with Crippen LogP contribution in [0.2, 0.25) is 0 Å². The van der Waals surface area contributed by atoms with Crippen molar-refractivity contribution in [1.29, 1.82) is 0 Å². The van der Waals surface area contributed by atoms with Crippen molar-refractivity contribution in [2.75, 3.05) is 5.75 Å². The Morgan fingerprint density at radius 3 is 2.89 bits per heavy atom. The van der Waals surface area contributed by atoms with Crippen molar-refractivity contribution in [3.05, 3.63) is 23.8 Å². The van der Waals surface area contributed by atoms with Gasteiger partial charge < -0.3 is 4.57 Å². The second-order valence-electron chi connectivity index (χ2n) is 4.69. The average molecular weight is 272 g/mol. The Bertz CT molecular complexity index is 748. The van der Waals surface area contributed by atoms with Crippen LogP contribution in [0, 0.1) is 6.92 Å². The molecule has 0 atom stereocenters. The molecule has 0 N–H and O–H groups in total. The van der Waals surface area contributed by atoms with Crippen LogP contribution >= 0.6 is 11.8 Å². The number of nitrogens with zero attached hydrogens (tertiary/aromatic N) is 4. The van der Waals surface area contributed by atoms with Gasteiger partial charge in [0.25, 0.3) is 0 Å². The highest BCUT2D eigenvalue weighted by molar-refractivity contribution is 7.99. The molecule has 0 aliphatic rings. The van der Waals surface area contributed by atoms with E-state index in [-0.39, 0.29) is 0 Å². The maximum absolute atomic E-state index is 4.63. The molecular formula is C14H16N4S. The first-order chi connectivity index (χ1) is 9.20. The lowest BCUT2D eigenvalue weighted by atomic mass is 10.2. The molecule has 0 bridgehead atoms. The molecule has 5 heteroatoms. The van der Waals surface area contributed by atoms with E-state index in [9.17, 15) is 0 Å². The lowest BCUT2D eigenvalue weighted by Gasteiger charge is -1.99. The summed E-state index contributed by atoms with van der Waals surface area (Å²) in [7, 11) is 2.03. The fourth-order valence-electron chi connectivity index (χ4n) is 2.21. The van der Waals surface area contributed by atoms with Gasteiger partial charge in [0.15, 0.2) is 5.65 Å². The van der Waals surface area contributed by atoms with Gasteiger partial charge in [-0.2, -0.15) is 0 Å². The van der Waals surface area contributed by atoms with Crippen molar-refractivity contribution < 1.29 is 0 Å². The summed E-state index contributed by atoms with van der Waals surface area (Å²) < 4.78 is 2.09. The maximum atomic E-state index is 4.63. The normalized spacial score (nSPS) is 11.5. The predicted octanol–water partition coefficient (Wildman–Crippen LogP) is 3.33. The van der Waals surface area contributed by atoms with E-state index < -0.39 is 0 Å². The molecule has 0 aliphatic heterocycles. The largest absolute Gasteiger partial charge is 0.327 e. The summed E-state index contributed by atoms with van der Waals surface area (Å²) in [5.74, 6) is 1.02. The van der Waals surface area contributed by atoms with E-state index in [0.717, 1.165) is 39.4 Å². The summed E-state index contributed by atoms with van der Waals surface area (Å²) in [5, 5.41) is 10.5. The summed E-state index contributed by atoms with van der Waals surface area (Å²) >= 11 is 1.66. The van der Waals surface area contributed by atoms with Gasteiger partial charge in [-0.25, -0.2) is 4.98 Å². The lowest BCUT2D eigenvalue weighted by molar-refractivity contribution is 0.854. The minimum Gasteiger partial charge on any atom is -0.327 e. The third-order valence-electron chi connectivity index (χ3n) is 3.17. The highest BCUT2D eigenvalue weighted by atomic mass is 32.2. The first-order valence-corrected chi connectivity index (χ1v) is 7.41. The van der Waals surface area contributed by atoms with E-state index in [1.54, 1.807) is 11.8 Å². The third kappa shape index (κ3) is 2.08. The molecule has 0 amide bonds. The fraction of sp³-hybridized carbons (Fsp3) is 0.357. The van der Waals surface area contributed by atoms with Crippen molar-refractivity contribution >= 4 is 33.8 Å². The summed E-state index contributed by atoms with van der Waals surface area (Å²) in [4.78, 5) is 4.63. The SMILES string of the molecule is CCCSc1nnc2c3cc(C)ccc3n(C)c2n1. The zero-order chi connectivity index (χ0) is 13.4. The number of aryl methyl sites for hydroxylation is 2. The van der Waals surface area contributed by atoms with Crippen LogP contribution in [0.5, 0.6) is 0 Å². The molecule has 0 aliphatic carbocycles. The van der Waals surface area contributed by atoms with Crippen LogP contribution in [-0.4, -0.2) is 25.5 Å². The number of fused-ring (bicyclic) bond motifs is 3. The first kappa shape index (κ1) is 12.4. The van der Waals surface area contributed by atoms with Crippen LogP contribution < -0.4 is 0 Å². The Morgan fingerprint density at radius 1 is 1.26 bits per heavy atom. The second kappa shape index (κ2) is 4.81. The summed E-state index contributed by atoms with van der Waals surface area (Å²) in [6, 6.07) is 6.38. The number of hydrogen-bond acceptors (Lipinski definition) is 4. The standard InChI is InChI=1S/C14H16N4S/c1-4-7-19-14-15-13-12(16-17-14)10-8-9(2)5-6-11(10)18(13)3/h5-6,8H,4,7H2,1-3H3. The number of aromatic nitrogens is 4. The summed E-state index contributed by atoms with van der Waals surface area (Å²) in [6.45, 7) is 4.24. The molecule has 3 rings (SSSR count). The molecule has 0 fully saturated rings. The van der Waals surface area contributed by atoms with Crippen LogP contribution in [0.15, 0.2) is 23.4 Å². The van der Waals surface area contributed by atoms with E-state index >= 15 is 0 Å². The molecule has 2 aromatic heterocycles. The molecule has 3 aromatic rings. The molecule has 19 heavy (non-hydrogen) atoms. The summed E-state index contributed by atoms with van der Waals surface area (Å²) in [6.07, 6.45) is 1.11. The quantitative estimate of drug-likeness (QED) is 0.686. The molecule has 1 aromatic carbocycles. The fourth-order valence-corrected chi connectivity index (χ4v) is 2.85. The van der Waals surface area contributed by atoms with E-state index in [0.29, 0.717) is 0 Å². The number of hydrogen-bond donors (Lipinski definition) is 0. The second-order valence-corrected chi connectivity index (χ2v) is 5.76.